The van der Waals surface area contributed by atoms with Crippen LogP contribution in [0.1, 0.15) is 25.8 Å². The van der Waals surface area contributed by atoms with Crippen LogP contribution in [0.5, 0.6) is 0 Å². The molecule has 5 nitrogen and oxygen atoms in total. The third-order valence-electron chi connectivity index (χ3n) is 3.42. The summed E-state index contributed by atoms with van der Waals surface area (Å²) in [4.78, 5) is 0. The van der Waals surface area contributed by atoms with Crippen molar-refractivity contribution < 1.29 is 13.2 Å². The van der Waals surface area contributed by atoms with Gasteiger partial charge in [0.1, 0.15) is 4.21 Å². The molecule has 0 bridgehead atoms. The van der Waals surface area contributed by atoms with Crippen LogP contribution in [0, 0.1) is 0 Å². The van der Waals surface area contributed by atoms with Gasteiger partial charge in [-0.25, -0.2) is 8.42 Å². The van der Waals surface area contributed by atoms with E-state index >= 15 is 0 Å². The van der Waals surface area contributed by atoms with Crippen molar-refractivity contribution in [3.8, 4) is 0 Å². The molecule has 7 heteroatoms. The fourth-order valence-corrected chi connectivity index (χ4v) is 5.25. The van der Waals surface area contributed by atoms with Gasteiger partial charge < -0.3 is 10.1 Å². The van der Waals surface area contributed by atoms with Crippen LogP contribution < -0.4 is 5.32 Å². The normalized spacial score (nSPS) is 21.2. The second kappa shape index (κ2) is 7.00. The highest BCUT2D eigenvalue weighted by Gasteiger charge is 2.33. The zero-order chi connectivity index (χ0) is 14.6. The highest BCUT2D eigenvalue weighted by molar-refractivity contribution is 7.91. The standard InChI is InChI=1S/C13H22N2O3S2/c1-3-12-9-18-6-5-15(12)20(16,17)13-7-11(10-19-13)8-14-4-2/h7,10,12,14H,3-6,8-9H2,1-2H3. The van der Waals surface area contributed by atoms with E-state index in [4.69, 9.17) is 4.74 Å². The van der Waals surface area contributed by atoms with Gasteiger partial charge in [-0.05, 0) is 30.0 Å². The molecular weight excluding hydrogens is 296 g/mol. The maximum Gasteiger partial charge on any atom is 0.252 e. The van der Waals surface area contributed by atoms with Gasteiger partial charge in [0.15, 0.2) is 0 Å². The van der Waals surface area contributed by atoms with Crippen LogP contribution in [0.4, 0.5) is 0 Å². The highest BCUT2D eigenvalue weighted by atomic mass is 32.2. The summed E-state index contributed by atoms with van der Waals surface area (Å²) in [6.07, 6.45) is 0.773. The summed E-state index contributed by atoms with van der Waals surface area (Å²) in [5, 5.41) is 5.12. The first-order chi connectivity index (χ1) is 9.59. The Morgan fingerprint density at radius 2 is 2.30 bits per heavy atom. The van der Waals surface area contributed by atoms with Gasteiger partial charge in [0.2, 0.25) is 0 Å². The minimum absolute atomic E-state index is 0.0481. The van der Waals surface area contributed by atoms with Crippen LogP contribution in [0.15, 0.2) is 15.7 Å². The van der Waals surface area contributed by atoms with E-state index in [0.29, 0.717) is 30.5 Å². The lowest BCUT2D eigenvalue weighted by atomic mass is 10.2. The first kappa shape index (κ1) is 15.9. The molecule has 1 saturated heterocycles. The van der Waals surface area contributed by atoms with Crippen LogP contribution in [0.3, 0.4) is 0 Å². The molecule has 1 aromatic rings. The molecule has 1 unspecified atom stereocenters. The van der Waals surface area contributed by atoms with Gasteiger partial charge in [-0.1, -0.05) is 13.8 Å². The first-order valence-corrected chi connectivity index (χ1v) is 9.29. The Morgan fingerprint density at radius 3 is 3.00 bits per heavy atom. The maximum atomic E-state index is 12.7. The number of rotatable bonds is 6. The van der Waals surface area contributed by atoms with Gasteiger partial charge in [-0.3, -0.25) is 0 Å². The van der Waals surface area contributed by atoms with Gasteiger partial charge in [0.05, 0.1) is 13.2 Å². The Balaban J connectivity index is 2.18. The number of ether oxygens (including phenoxy) is 1. The Morgan fingerprint density at radius 1 is 1.50 bits per heavy atom. The van der Waals surface area contributed by atoms with Crippen molar-refractivity contribution in [1.82, 2.24) is 9.62 Å². The zero-order valence-corrected chi connectivity index (χ0v) is 13.6. The van der Waals surface area contributed by atoms with E-state index < -0.39 is 10.0 Å². The summed E-state index contributed by atoms with van der Waals surface area (Å²) < 4.78 is 32.8. The number of morpholine rings is 1. The van der Waals surface area contributed by atoms with Gasteiger partial charge in [0, 0.05) is 19.1 Å². The predicted molar refractivity (Wildman–Crippen MR) is 80.5 cm³/mol. The third kappa shape index (κ3) is 3.40. The molecule has 0 spiro atoms. The summed E-state index contributed by atoms with van der Waals surface area (Å²) in [6, 6.07) is 1.73. The molecule has 2 rings (SSSR count). The predicted octanol–water partition coefficient (Wildman–Crippen LogP) is 1.66. The quantitative estimate of drug-likeness (QED) is 0.866. The van der Waals surface area contributed by atoms with Crippen molar-refractivity contribution in [1.29, 1.82) is 0 Å². The molecule has 1 N–H and O–H groups in total. The van der Waals surface area contributed by atoms with Crippen LogP contribution in [0.25, 0.3) is 0 Å². The monoisotopic (exact) mass is 318 g/mol. The molecule has 114 valence electrons. The Labute approximate surface area is 125 Å². The van der Waals surface area contributed by atoms with Crippen molar-refractivity contribution in [2.45, 2.75) is 37.1 Å². The molecule has 1 fully saturated rings. The number of hydrogen-bond donors (Lipinski definition) is 1. The Kier molecular flexibility index (Phi) is 5.57. The molecule has 2 heterocycles. The molecule has 0 aliphatic carbocycles. The minimum Gasteiger partial charge on any atom is -0.378 e. The second-order valence-corrected chi connectivity index (χ2v) is 7.84. The number of sulfonamides is 1. The maximum absolute atomic E-state index is 12.7. The molecule has 1 aromatic heterocycles. The van der Waals surface area contributed by atoms with Gasteiger partial charge in [0.25, 0.3) is 10.0 Å². The molecule has 20 heavy (non-hydrogen) atoms. The van der Waals surface area contributed by atoms with Crippen LogP contribution in [-0.2, 0) is 21.3 Å². The van der Waals surface area contributed by atoms with E-state index in [9.17, 15) is 8.42 Å². The number of nitrogens with zero attached hydrogens (tertiary/aromatic N) is 1. The minimum atomic E-state index is -3.38. The van der Waals surface area contributed by atoms with E-state index in [-0.39, 0.29) is 6.04 Å². The average Bonchev–Trinajstić information content (AvgIpc) is 2.94. The molecule has 0 saturated carbocycles. The average molecular weight is 318 g/mol. The summed E-state index contributed by atoms with van der Waals surface area (Å²) in [5.74, 6) is 0. The lowest BCUT2D eigenvalue weighted by molar-refractivity contribution is 0.0315. The molecular formula is C13H22N2O3S2. The molecule has 1 aliphatic rings. The van der Waals surface area contributed by atoms with Gasteiger partial charge >= 0.3 is 0 Å². The second-order valence-electron chi connectivity index (χ2n) is 4.81. The fraction of sp³-hybridized carbons (Fsp3) is 0.692. The van der Waals surface area contributed by atoms with E-state index in [1.807, 2.05) is 19.2 Å². The molecule has 0 radical (unpaired) electrons. The lowest BCUT2D eigenvalue weighted by Crippen LogP contribution is -2.48. The zero-order valence-electron chi connectivity index (χ0n) is 12.0. The molecule has 1 atom stereocenters. The van der Waals surface area contributed by atoms with Crippen molar-refractivity contribution in [3.63, 3.8) is 0 Å². The van der Waals surface area contributed by atoms with Crippen molar-refractivity contribution in [2.24, 2.45) is 0 Å². The van der Waals surface area contributed by atoms with E-state index in [2.05, 4.69) is 5.32 Å². The van der Waals surface area contributed by atoms with Crippen molar-refractivity contribution >= 4 is 21.4 Å². The largest absolute Gasteiger partial charge is 0.378 e. The van der Waals surface area contributed by atoms with Crippen molar-refractivity contribution in [2.75, 3.05) is 26.3 Å². The smallest absolute Gasteiger partial charge is 0.252 e. The van der Waals surface area contributed by atoms with Gasteiger partial charge in [-0.15, -0.1) is 11.3 Å². The Bertz CT molecular complexity index is 527. The molecule has 1 aliphatic heterocycles. The summed E-state index contributed by atoms with van der Waals surface area (Å²) in [6.45, 7) is 7.02. The molecule has 0 amide bonds. The first-order valence-electron chi connectivity index (χ1n) is 6.97. The van der Waals surface area contributed by atoms with Crippen LogP contribution in [0.2, 0.25) is 0 Å². The lowest BCUT2D eigenvalue weighted by Gasteiger charge is -2.33. The number of thiophene rings is 1. The van der Waals surface area contributed by atoms with Crippen molar-refractivity contribution in [3.05, 3.63) is 17.0 Å². The number of hydrogen-bond acceptors (Lipinski definition) is 5. The van der Waals surface area contributed by atoms with Crippen LogP contribution >= 0.6 is 11.3 Å². The Hall–Kier alpha value is -0.470. The summed E-state index contributed by atoms with van der Waals surface area (Å²) in [7, 11) is -3.38. The summed E-state index contributed by atoms with van der Waals surface area (Å²) in [5.41, 5.74) is 1.02. The molecule has 0 aromatic carbocycles. The topological polar surface area (TPSA) is 58.6 Å². The highest BCUT2D eigenvalue weighted by Crippen LogP contribution is 2.27. The van der Waals surface area contributed by atoms with E-state index in [1.54, 1.807) is 10.4 Å². The SMILES string of the molecule is CCNCc1csc(S(=O)(=O)N2CCOCC2CC)c1. The summed E-state index contributed by atoms with van der Waals surface area (Å²) >= 11 is 1.30. The third-order valence-corrected chi connectivity index (χ3v) is 6.83. The van der Waals surface area contributed by atoms with Gasteiger partial charge in [-0.2, -0.15) is 4.31 Å². The fourth-order valence-electron chi connectivity index (χ4n) is 2.24. The van der Waals surface area contributed by atoms with E-state index in [1.165, 1.54) is 11.3 Å². The number of nitrogens with one attached hydrogen (secondary N) is 1. The van der Waals surface area contributed by atoms with Crippen LogP contribution in [-0.4, -0.2) is 45.1 Å². The van der Waals surface area contributed by atoms with E-state index in [0.717, 1.165) is 18.5 Å².